The van der Waals surface area contributed by atoms with E-state index in [1.54, 1.807) is 61.5 Å². The minimum absolute atomic E-state index is 0.00581. The van der Waals surface area contributed by atoms with Gasteiger partial charge in [0.25, 0.3) is 11.8 Å². The number of benzene rings is 4. The summed E-state index contributed by atoms with van der Waals surface area (Å²) in [6.45, 7) is 1.80. The van der Waals surface area contributed by atoms with Gasteiger partial charge in [-0.25, -0.2) is 4.79 Å². The molecule has 2 atom stereocenters. The summed E-state index contributed by atoms with van der Waals surface area (Å²) in [6, 6.07) is 39.2. The molecule has 0 radical (unpaired) electrons. The van der Waals surface area contributed by atoms with Gasteiger partial charge in [0.2, 0.25) is 5.91 Å². The molecule has 282 valence electrons. The van der Waals surface area contributed by atoms with Crippen molar-refractivity contribution in [2.45, 2.75) is 42.2 Å². The van der Waals surface area contributed by atoms with E-state index in [1.165, 1.54) is 41.8 Å². The number of esters is 1. The Hall–Kier alpha value is -6.17. The number of fused-ring (bicyclic) bond motifs is 1. The molecule has 2 heterocycles. The zero-order chi connectivity index (χ0) is 39.0. The molecule has 11 heteroatoms. The van der Waals surface area contributed by atoms with Gasteiger partial charge in [-0.05, 0) is 91.8 Å². The number of hydrogen-bond acceptors (Lipinski definition) is 8. The van der Waals surface area contributed by atoms with Crippen molar-refractivity contribution in [2.75, 3.05) is 17.7 Å². The van der Waals surface area contributed by atoms with Gasteiger partial charge in [0.1, 0.15) is 22.2 Å². The maximum atomic E-state index is 13.6. The highest BCUT2D eigenvalue weighted by Gasteiger charge is 2.31. The van der Waals surface area contributed by atoms with Gasteiger partial charge in [0, 0.05) is 32.7 Å². The van der Waals surface area contributed by atoms with Gasteiger partial charge in [0.15, 0.2) is 0 Å². The average molecular weight is 782 g/mol. The lowest BCUT2D eigenvalue weighted by Gasteiger charge is -2.22. The maximum absolute atomic E-state index is 13.6. The maximum Gasteiger partial charge on any atom is 0.341 e. The zero-order valence-corrected chi connectivity index (χ0v) is 32.4. The summed E-state index contributed by atoms with van der Waals surface area (Å²) >= 11 is 2.80. The smallest absolute Gasteiger partial charge is 0.341 e. The summed E-state index contributed by atoms with van der Waals surface area (Å²) in [5, 5.41) is 8.62. The highest BCUT2D eigenvalue weighted by molar-refractivity contribution is 8.00. The SMILES string of the molecule is COC(=O)c1c(NC(=O)[C@@H](C)Sc2ccc(NC(=O)/C(=C\c3ccc(-c4ccccc4)o3)NC(=O)c3ccccc3)cc2)sc2c1CC[C@@H](c1ccccc1)C2. The predicted molar refractivity (Wildman–Crippen MR) is 222 cm³/mol. The lowest BCUT2D eigenvalue weighted by molar-refractivity contribution is -0.115. The Morgan fingerprint density at radius 2 is 1.52 bits per heavy atom. The molecule has 7 rings (SSSR count). The fraction of sp³-hybridized carbons (Fsp3) is 0.156. The number of carbonyl (C=O) groups is 4. The molecule has 56 heavy (non-hydrogen) atoms. The first-order chi connectivity index (χ1) is 27.2. The zero-order valence-electron chi connectivity index (χ0n) is 30.7. The van der Waals surface area contributed by atoms with Crippen molar-refractivity contribution in [2.24, 2.45) is 0 Å². The normalized spacial score (nSPS) is 14.2. The Morgan fingerprint density at radius 3 is 2.21 bits per heavy atom. The van der Waals surface area contributed by atoms with Gasteiger partial charge in [-0.3, -0.25) is 14.4 Å². The third-order valence-electron chi connectivity index (χ3n) is 9.46. The van der Waals surface area contributed by atoms with Gasteiger partial charge >= 0.3 is 5.97 Å². The Morgan fingerprint density at radius 1 is 0.839 bits per heavy atom. The number of ether oxygens (including phenoxy) is 1. The number of hydrogen-bond donors (Lipinski definition) is 3. The summed E-state index contributed by atoms with van der Waals surface area (Å²) in [5.41, 5.74) is 4.43. The number of furan rings is 1. The molecular weight excluding hydrogens is 743 g/mol. The van der Waals surface area contributed by atoms with Crippen molar-refractivity contribution < 1.29 is 28.3 Å². The van der Waals surface area contributed by atoms with E-state index in [0.29, 0.717) is 39.3 Å². The number of thioether (sulfide) groups is 1. The highest BCUT2D eigenvalue weighted by atomic mass is 32.2. The largest absolute Gasteiger partial charge is 0.465 e. The molecule has 9 nitrogen and oxygen atoms in total. The number of nitrogens with one attached hydrogen (secondary N) is 3. The molecule has 0 saturated heterocycles. The van der Waals surface area contributed by atoms with E-state index >= 15 is 0 Å². The molecule has 2 aromatic heterocycles. The molecule has 4 aromatic carbocycles. The molecule has 0 saturated carbocycles. The monoisotopic (exact) mass is 781 g/mol. The van der Waals surface area contributed by atoms with E-state index in [-0.39, 0.29) is 11.6 Å². The summed E-state index contributed by atoms with van der Waals surface area (Å²) in [5.74, 6) is -0.329. The third kappa shape index (κ3) is 9.02. The van der Waals surface area contributed by atoms with Crippen LogP contribution in [-0.2, 0) is 27.2 Å². The van der Waals surface area contributed by atoms with E-state index < -0.39 is 23.0 Å². The van der Waals surface area contributed by atoms with Crippen LogP contribution in [0.2, 0.25) is 0 Å². The topological polar surface area (TPSA) is 127 Å². The highest BCUT2D eigenvalue weighted by Crippen LogP contribution is 2.43. The molecule has 0 aliphatic heterocycles. The molecule has 3 amide bonds. The van der Waals surface area contributed by atoms with Crippen LogP contribution < -0.4 is 16.0 Å². The number of amides is 3. The van der Waals surface area contributed by atoms with Crippen LogP contribution in [-0.4, -0.2) is 36.1 Å². The molecule has 0 bridgehead atoms. The Balaban J connectivity index is 1.02. The van der Waals surface area contributed by atoms with E-state index in [4.69, 9.17) is 9.15 Å². The Bertz CT molecular complexity index is 2370. The Kier molecular flexibility index (Phi) is 11.9. The number of thiophene rings is 1. The summed E-state index contributed by atoms with van der Waals surface area (Å²) in [6.07, 6.45) is 3.93. The van der Waals surface area contributed by atoms with Crippen molar-refractivity contribution in [1.82, 2.24) is 5.32 Å². The van der Waals surface area contributed by atoms with E-state index in [1.807, 2.05) is 60.7 Å². The first-order valence-electron chi connectivity index (χ1n) is 18.2. The van der Waals surface area contributed by atoms with Crippen molar-refractivity contribution >= 4 is 63.6 Å². The second kappa shape index (κ2) is 17.5. The number of rotatable bonds is 12. The van der Waals surface area contributed by atoms with Crippen molar-refractivity contribution in [3.05, 3.63) is 166 Å². The van der Waals surface area contributed by atoms with Crippen LogP contribution >= 0.6 is 23.1 Å². The van der Waals surface area contributed by atoms with Gasteiger partial charge < -0.3 is 25.1 Å². The molecule has 0 unspecified atom stereocenters. The van der Waals surface area contributed by atoms with E-state index in [2.05, 4.69) is 28.1 Å². The fourth-order valence-electron chi connectivity index (χ4n) is 6.56. The molecular formula is C45H39N3O6S2. The fourth-order valence-corrected chi connectivity index (χ4v) is 8.75. The van der Waals surface area contributed by atoms with E-state index in [9.17, 15) is 19.2 Å². The van der Waals surface area contributed by atoms with Crippen molar-refractivity contribution in [1.29, 1.82) is 0 Å². The first kappa shape index (κ1) is 38.1. The van der Waals surface area contributed by atoms with Crippen LogP contribution in [0.1, 0.15) is 61.7 Å². The summed E-state index contributed by atoms with van der Waals surface area (Å²) in [7, 11) is 1.36. The minimum atomic E-state index is -0.546. The standard InChI is InChI=1S/C45H39N3O6S2/c1-28(41(49)48-44-40(45(52)53-2)36-24-18-32(26-39(36)56-44)29-12-6-3-7-13-29)55-35-22-19-33(20-23-35)46-43(51)37(47-42(50)31-16-10-5-11-17-31)27-34-21-25-38(54-34)30-14-8-4-9-15-30/h3-17,19-23,25,27-28,32H,18,24,26H2,1-2H3,(H,46,51)(H,47,50)(H,48,49)/b37-27+/t28-,32-/m1/s1. The number of carbonyl (C=O) groups excluding carboxylic acids is 4. The second-order valence-electron chi connectivity index (χ2n) is 13.2. The van der Waals surface area contributed by atoms with Crippen molar-refractivity contribution in [3.8, 4) is 11.3 Å². The molecule has 1 aliphatic rings. The predicted octanol–water partition coefficient (Wildman–Crippen LogP) is 9.60. The molecule has 6 aromatic rings. The summed E-state index contributed by atoms with van der Waals surface area (Å²) < 4.78 is 11.1. The average Bonchev–Trinajstić information content (AvgIpc) is 3.86. The summed E-state index contributed by atoms with van der Waals surface area (Å²) in [4.78, 5) is 55.1. The molecule has 1 aliphatic carbocycles. The van der Waals surface area contributed by atoms with Gasteiger partial charge in [-0.2, -0.15) is 0 Å². The van der Waals surface area contributed by atoms with Crippen molar-refractivity contribution in [3.63, 3.8) is 0 Å². The Labute approximate surface area is 333 Å². The van der Waals surface area contributed by atoms with Gasteiger partial charge in [0.05, 0.1) is 17.9 Å². The molecule has 0 spiro atoms. The molecule has 0 fully saturated rings. The molecule has 3 N–H and O–H groups in total. The van der Waals surface area contributed by atoms with Crippen LogP contribution in [0.4, 0.5) is 10.7 Å². The van der Waals surface area contributed by atoms with Crippen LogP contribution in [0, 0.1) is 0 Å². The number of anilines is 2. The van der Waals surface area contributed by atoms with E-state index in [0.717, 1.165) is 40.2 Å². The van der Waals surface area contributed by atoms with Crippen LogP contribution in [0.25, 0.3) is 17.4 Å². The van der Waals surface area contributed by atoms with Gasteiger partial charge in [-0.15, -0.1) is 23.1 Å². The quantitative estimate of drug-likeness (QED) is 0.0641. The van der Waals surface area contributed by atoms with Gasteiger partial charge in [-0.1, -0.05) is 78.9 Å². The van der Waals surface area contributed by atoms with Crippen LogP contribution in [0.5, 0.6) is 0 Å². The second-order valence-corrected chi connectivity index (χ2v) is 15.7. The van der Waals surface area contributed by atoms with Crippen LogP contribution in [0.3, 0.4) is 0 Å². The number of methoxy groups -OCH3 is 1. The lowest BCUT2D eigenvalue weighted by Crippen LogP contribution is -2.30. The lowest BCUT2D eigenvalue weighted by atomic mass is 9.83. The first-order valence-corrected chi connectivity index (χ1v) is 19.9. The minimum Gasteiger partial charge on any atom is -0.465 e. The van der Waals surface area contributed by atoms with Crippen LogP contribution in [0.15, 0.2) is 142 Å². The third-order valence-corrected chi connectivity index (χ3v) is 11.7.